The zero-order valence-electron chi connectivity index (χ0n) is 27.9. The molecule has 0 heterocycles. The summed E-state index contributed by atoms with van der Waals surface area (Å²) in [5.74, 6) is 0. The molecule has 41 heavy (non-hydrogen) atoms. The van der Waals surface area contributed by atoms with Crippen LogP contribution in [0.25, 0.3) is 0 Å². The summed E-state index contributed by atoms with van der Waals surface area (Å²) >= 11 is 8.99. The molecule has 0 aromatic heterocycles. The molecule has 0 saturated carbocycles. The molecular weight excluding hydrogens is 537 g/mol. The normalized spacial score (nSPS) is 11.4. The third-order valence-electron chi connectivity index (χ3n) is 8.91. The van der Waals surface area contributed by atoms with Gasteiger partial charge in [-0.15, -0.1) is 12.6 Å². The number of thiol groups is 1. The van der Waals surface area contributed by atoms with E-state index >= 15 is 0 Å². The summed E-state index contributed by atoms with van der Waals surface area (Å²) in [7, 11) is 0. The molecule has 0 aliphatic heterocycles. The van der Waals surface area contributed by atoms with E-state index in [1.807, 2.05) is 0 Å². The lowest BCUT2D eigenvalue weighted by Crippen LogP contribution is -2.17. The summed E-state index contributed by atoms with van der Waals surface area (Å²) in [6.07, 6.45) is 48.9. The van der Waals surface area contributed by atoms with Crippen LogP contribution < -0.4 is 11.1 Å². The van der Waals surface area contributed by atoms with E-state index in [9.17, 15) is 0 Å². The molecule has 0 aromatic rings. The molecule has 0 atom stereocenters. The Hall–Kier alpha value is 0.200. The topological polar surface area (TPSA) is 38.0 Å². The van der Waals surface area contributed by atoms with Crippen molar-refractivity contribution >= 4 is 29.2 Å². The first kappa shape index (κ1) is 41.2. The van der Waals surface area contributed by atoms with Crippen LogP contribution in [0.15, 0.2) is 0 Å². The fraction of sp³-hybridized carbons (Fsp3) is 0.973. The first-order valence-corrected chi connectivity index (χ1v) is 19.8. The van der Waals surface area contributed by atoms with E-state index in [0.717, 1.165) is 13.1 Å². The Morgan fingerprint density at radius 1 is 0.341 bits per heavy atom. The average molecular weight is 613 g/mol. The van der Waals surface area contributed by atoms with Gasteiger partial charge < -0.3 is 11.1 Å². The molecule has 0 radical (unpaired) electrons. The number of unbranched alkanes of at least 4 members (excludes halogenated alkanes) is 33. The van der Waals surface area contributed by atoms with E-state index < -0.39 is 0 Å². The van der Waals surface area contributed by atoms with E-state index in [4.69, 9.17) is 18.0 Å². The summed E-state index contributed by atoms with van der Waals surface area (Å²) < 4.78 is 0.629. The Bertz CT molecular complexity index is 486. The monoisotopic (exact) mass is 613 g/mol. The molecule has 0 rings (SSSR count). The van der Waals surface area contributed by atoms with Gasteiger partial charge in [-0.3, -0.25) is 0 Å². The molecule has 0 saturated heterocycles. The van der Waals surface area contributed by atoms with Crippen LogP contribution >= 0.6 is 24.8 Å². The molecule has 3 N–H and O–H groups in total. The van der Waals surface area contributed by atoms with Crippen molar-refractivity contribution in [2.24, 2.45) is 5.73 Å². The first-order valence-electron chi connectivity index (χ1n) is 18.9. The van der Waals surface area contributed by atoms with Gasteiger partial charge in [0.1, 0.15) is 4.32 Å². The number of thiocarbonyl (C=S) groups is 1. The third kappa shape index (κ3) is 40.2. The van der Waals surface area contributed by atoms with E-state index in [1.165, 1.54) is 218 Å². The maximum atomic E-state index is 5.55. The van der Waals surface area contributed by atoms with Crippen LogP contribution in [-0.2, 0) is 0 Å². The second-order valence-electron chi connectivity index (χ2n) is 13.0. The Balaban J connectivity index is 3.03. The smallest absolute Gasteiger partial charge is 0.130 e. The highest BCUT2D eigenvalue weighted by Gasteiger charge is 1.97. The van der Waals surface area contributed by atoms with Gasteiger partial charge in [-0.05, 0) is 19.4 Å². The van der Waals surface area contributed by atoms with Gasteiger partial charge in [-0.1, -0.05) is 218 Å². The van der Waals surface area contributed by atoms with Gasteiger partial charge in [-0.2, -0.15) is 0 Å². The predicted octanol–water partition coefficient (Wildman–Crippen LogP) is 13.0. The fourth-order valence-electron chi connectivity index (χ4n) is 6.12. The third-order valence-corrected chi connectivity index (χ3v) is 9.21. The summed E-state index contributed by atoms with van der Waals surface area (Å²) in [4.78, 5) is 0. The highest BCUT2D eigenvalue weighted by molar-refractivity contribution is 8.11. The predicted molar refractivity (Wildman–Crippen MR) is 196 cm³/mol. The first-order chi connectivity index (χ1) is 20.3. The highest BCUT2D eigenvalue weighted by atomic mass is 32.1. The van der Waals surface area contributed by atoms with Crippen molar-refractivity contribution in [2.75, 3.05) is 13.1 Å². The molecule has 4 heteroatoms. The van der Waals surface area contributed by atoms with Gasteiger partial charge in [0.2, 0.25) is 0 Å². The molecule has 0 unspecified atom stereocenters. The van der Waals surface area contributed by atoms with Gasteiger partial charge >= 0.3 is 0 Å². The standard InChI is InChI=1S/C37H76N2S2/c38-35-33-31-29-27-25-23-21-19-17-15-13-11-9-7-5-3-1-2-4-6-8-10-12-14-16-18-20-22-24-26-28-30-32-34-36-39-37(40)41/h1-36,38H2,(H2,39,40,41). The summed E-state index contributed by atoms with van der Waals surface area (Å²) in [5, 5.41) is 3.12. The van der Waals surface area contributed by atoms with Gasteiger partial charge in [0.05, 0.1) is 0 Å². The van der Waals surface area contributed by atoms with Crippen LogP contribution in [0.1, 0.15) is 218 Å². The van der Waals surface area contributed by atoms with Gasteiger partial charge in [0.25, 0.3) is 0 Å². The van der Waals surface area contributed by atoms with Crippen molar-refractivity contribution in [1.29, 1.82) is 0 Å². The molecule has 0 spiro atoms. The highest BCUT2D eigenvalue weighted by Crippen LogP contribution is 2.17. The number of nitrogens with two attached hydrogens (primary N) is 1. The van der Waals surface area contributed by atoms with Crippen LogP contribution in [0.3, 0.4) is 0 Å². The molecule has 0 fully saturated rings. The van der Waals surface area contributed by atoms with Crippen molar-refractivity contribution in [1.82, 2.24) is 5.32 Å². The Labute approximate surface area is 270 Å². The minimum atomic E-state index is 0.629. The molecule has 0 aromatic carbocycles. The molecule has 0 aliphatic carbocycles. The van der Waals surface area contributed by atoms with Crippen LogP contribution in [0.4, 0.5) is 0 Å². The number of hydrogen-bond acceptors (Lipinski definition) is 2. The van der Waals surface area contributed by atoms with Gasteiger partial charge in [0.15, 0.2) is 0 Å². The Kier molecular flexibility index (Phi) is 38.4. The minimum Gasteiger partial charge on any atom is -0.371 e. The van der Waals surface area contributed by atoms with Crippen molar-refractivity contribution < 1.29 is 0 Å². The van der Waals surface area contributed by atoms with E-state index in [1.54, 1.807) is 0 Å². The molecule has 0 aliphatic rings. The van der Waals surface area contributed by atoms with Crippen LogP contribution in [0, 0.1) is 0 Å². The second-order valence-corrected chi connectivity index (χ2v) is 14.2. The summed E-state index contributed by atoms with van der Waals surface area (Å²) in [5.41, 5.74) is 5.55. The minimum absolute atomic E-state index is 0.629. The number of nitrogens with one attached hydrogen (secondary N) is 1. The Morgan fingerprint density at radius 3 is 0.683 bits per heavy atom. The maximum absolute atomic E-state index is 5.55. The molecule has 0 bridgehead atoms. The lowest BCUT2D eigenvalue weighted by molar-refractivity contribution is 0.511. The lowest BCUT2D eigenvalue weighted by atomic mass is 10.0. The zero-order chi connectivity index (χ0) is 29.7. The quantitative estimate of drug-likeness (QED) is 0.0374. The van der Waals surface area contributed by atoms with Crippen molar-refractivity contribution in [3.05, 3.63) is 0 Å². The largest absolute Gasteiger partial charge is 0.371 e. The Morgan fingerprint density at radius 2 is 0.512 bits per heavy atom. The SMILES string of the molecule is NCCCCCCCCCCCCCCCCCCCCCCCCCCCCCCCCCCCCNC(=S)S. The fourth-order valence-corrected chi connectivity index (χ4v) is 6.34. The zero-order valence-corrected chi connectivity index (χ0v) is 29.6. The lowest BCUT2D eigenvalue weighted by Gasteiger charge is -2.05. The summed E-state index contributed by atoms with van der Waals surface area (Å²) in [6.45, 7) is 1.86. The van der Waals surface area contributed by atoms with E-state index in [0.29, 0.717) is 4.32 Å². The molecule has 0 amide bonds. The van der Waals surface area contributed by atoms with Gasteiger partial charge in [0, 0.05) is 6.54 Å². The number of hydrogen-bond donors (Lipinski definition) is 3. The van der Waals surface area contributed by atoms with Crippen LogP contribution in [0.5, 0.6) is 0 Å². The van der Waals surface area contributed by atoms with Crippen molar-refractivity contribution in [3.63, 3.8) is 0 Å². The number of rotatable bonds is 36. The van der Waals surface area contributed by atoms with E-state index in [-0.39, 0.29) is 0 Å². The summed E-state index contributed by atoms with van der Waals surface area (Å²) in [6, 6.07) is 0. The van der Waals surface area contributed by atoms with Crippen molar-refractivity contribution in [3.8, 4) is 0 Å². The van der Waals surface area contributed by atoms with Crippen LogP contribution in [-0.4, -0.2) is 17.4 Å². The second kappa shape index (κ2) is 38.2. The maximum Gasteiger partial charge on any atom is 0.130 e. The molecule has 2 nitrogen and oxygen atoms in total. The van der Waals surface area contributed by atoms with Gasteiger partial charge in [-0.25, -0.2) is 0 Å². The van der Waals surface area contributed by atoms with Crippen molar-refractivity contribution in [2.45, 2.75) is 218 Å². The van der Waals surface area contributed by atoms with E-state index in [2.05, 4.69) is 17.9 Å². The van der Waals surface area contributed by atoms with Crippen LogP contribution in [0.2, 0.25) is 0 Å². The molecule has 246 valence electrons. The average Bonchev–Trinajstić information content (AvgIpc) is 2.97. The molecular formula is C37H76N2S2.